The number of hydrogen-bond acceptors (Lipinski definition) is 4. The monoisotopic (exact) mass is 338 g/mol. The van der Waals surface area contributed by atoms with E-state index in [9.17, 15) is 4.79 Å². The zero-order chi connectivity index (χ0) is 14.4. The van der Waals surface area contributed by atoms with E-state index < -0.39 is 0 Å². The molecule has 0 aromatic carbocycles. The molecule has 0 aliphatic heterocycles. The summed E-state index contributed by atoms with van der Waals surface area (Å²) in [6.45, 7) is 1.07. The Morgan fingerprint density at radius 1 is 1.40 bits per heavy atom. The number of rotatable bonds is 5. The van der Waals surface area contributed by atoms with Crippen LogP contribution >= 0.6 is 15.9 Å². The molecule has 0 saturated carbocycles. The highest BCUT2D eigenvalue weighted by Crippen LogP contribution is 2.18. The molecule has 2 heterocycles. The average molecular weight is 339 g/mol. The minimum Gasteiger partial charge on any atom is -0.368 e. The van der Waals surface area contributed by atoms with Crippen LogP contribution in [0.5, 0.6) is 0 Å². The Morgan fingerprint density at radius 3 is 2.90 bits per heavy atom. The highest BCUT2D eigenvalue weighted by molar-refractivity contribution is 9.10. The van der Waals surface area contributed by atoms with Crippen LogP contribution in [0, 0.1) is 0 Å². The molecule has 2 rings (SSSR count). The van der Waals surface area contributed by atoms with Gasteiger partial charge in [0.1, 0.15) is 5.82 Å². The first-order valence-corrected chi connectivity index (χ1v) is 6.83. The fraction of sp³-hybridized carbons (Fsp3) is 0.250. The van der Waals surface area contributed by atoms with Gasteiger partial charge in [-0.15, -0.1) is 0 Å². The molecule has 2 aromatic rings. The Hall–Kier alpha value is -2.09. The van der Waals surface area contributed by atoms with Gasteiger partial charge in [0.25, 0.3) is 0 Å². The molecule has 0 saturated heterocycles. The van der Waals surface area contributed by atoms with Crippen LogP contribution in [-0.4, -0.2) is 33.9 Å². The predicted octanol–water partition coefficient (Wildman–Crippen LogP) is 1.81. The number of pyridine rings is 1. The number of carbonyl (C=O) groups is 1. The van der Waals surface area contributed by atoms with Gasteiger partial charge < -0.3 is 10.6 Å². The van der Waals surface area contributed by atoms with Crippen LogP contribution < -0.4 is 16.0 Å². The first-order chi connectivity index (χ1) is 9.65. The standard InChI is InChI=1S/C12H15BrN6O/c1-19-8-9(13)11(18-19)17-12(20)16-7-6-15-10-4-2-3-5-14-10/h2-5,8H,6-7H2,1H3,(H,14,15)(H2,16,17,18,20). The normalized spacial score (nSPS) is 10.1. The summed E-state index contributed by atoms with van der Waals surface area (Å²) >= 11 is 3.31. The van der Waals surface area contributed by atoms with Gasteiger partial charge in [0.2, 0.25) is 0 Å². The van der Waals surface area contributed by atoms with Gasteiger partial charge in [0.05, 0.1) is 4.47 Å². The van der Waals surface area contributed by atoms with Gasteiger partial charge >= 0.3 is 6.03 Å². The third-order valence-corrected chi connectivity index (χ3v) is 2.98. The first-order valence-electron chi connectivity index (χ1n) is 6.04. The molecule has 7 nitrogen and oxygen atoms in total. The Bertz CT molecular complexity index is 571. The molecule has 0 aliphatic rings. The molecular formula is C12H15BrN6O. The Labute approximate surface area is 124 Å². The van der Waals surface area contributed by atoms with Gasteiger partial charge in [-0.2, -0.15) is 5.10 Å². The molecule has 20 heavy (non-hydrogen) atoms. The molecule has 0 atom stereocenters. The molecule has 2 amide bonds. The van der Waals surface area contributed by atoms with E-state index in [0.717, 1.165) is 10.3 Å². The fourth-order valence-corrected chi connectivity index (χ4v) is 2.00. The van der Waals surface area contributed by atoms with Crippen LogP contribution in [0.2, 0.25) is 0 Å². The van der Waals surface area contributed by atoms with Crippen molar-refractivity contribution >= 4 is 33.6 Å². The Morgan fingerprint density at radius 2 is 2.25 bits per heavy atom. The van der Waals surface area contributed by atoms with Crippen molar-refractivity contribution in [2.75, 3.05) is 23.7 Å². The molecule has 0 radical (unpaired) electrons. The number of hydrogen-bond donors (Lipinski definition) is 3. The van der Waals surface area contributed by atoms with Crippen molar-refractivity contribution in [1.29, 1.82) is 0 Å². The van der Waals surface area contributed by atoms with Gasteiger partial charge in [-0.1, -0.05) is 6.07 Å². The number of anilines is 2. The summed E-state index contributed by atoms with van der Waals surface area (Å²) in [6, 6.07) is 5.31. The van der Waals surface area contributed by atoms with Crippen LogP contribution in [0.4, 0.5) is 16.4 Å². The fourth-order valence-electron chi connectivity index (χ4n) is 1.53. The van der Waals surface area contributed by atoms with Crippen molar-refractivity contribution in [3.8, 4) is 0 Å². The largest absolute Gasteiger partial charge is 0.368 e. The minimum absolute atomic E-state index is 0.299. The maximum absolute atomic E-state index is 11.6. The van der Waals surface area contributed by atoms with E-state index in [1.165, 1.54) is 0 Å². The predicted molar refractivity (Wildman–Crippen MR) is 80.7 cm³/mol. The van der Waals surface area contributed by atoms with E-state index in [2.05, 4.69) is 42.0 Å². The van der Waals surface area contributed by atoms with Crippen LogP contribution in [0.1, 0.15) is 0 Å². The summed E-state index contributed by atoms with van der Waals surface area (Å²) < 4.78 is 2.35. The number of amides is 2. The molecule has 0 bridgehead atoms. The topological polar surface area (TPSA) is 83.9 Å². The van der Waals surface area contributed by atoms with Crippen LogP contribution in [0.25, 0.3) is 0 Å². The van der Waals surface area contributed by atoms with E-state index in [0.29, 0.717) is 18.9 Å². The van der Waals surface area contributed by atoms with Crippen molar-refractivity contribution in [3.63, 3.8) is 0 Å². The lowest BCUT2D eigenvalue weighted by Gasteiger charge is -2.07. The van der Waals surface area contributed by atoms with Crippen molar-refractivity contribution < 1.29 is 4.79 Å². The summed E-state index contributed by atoms with van der Waals surface area (Å²) in [7, 11) is 1.78. The van der Waals surface area contributed by atoms with Crippen molar-refractivity contribution in [2.24, 2.45) is 7.05 Å². The second-order valence-electron chi connectivity index (χ2n) is 4.02. The van der Waals surface area contributed by atoms with E-state index in [4.69, 9.17) is 0 Å². The zero-order valence-electron chi connectivity index (χ0n) is 10.9. The summed E-state index contributed by atoms with van der Waals surface area (Å²) in [4.78, 5) is 15.8. The lowest BCUT2D eigenvalue weighted by Crippen LogP contribution is -2.33. The second kappa shape index (κ2) is 6.90. The smallest absolute Gasteiger partial charge is 0.320 e. The molecule has 0 spiro atoms. The summed E-state index contributed by atoms with van der Waals surface area (Å²) in [5.41, 5.74) is 0. The minimum atomic E-state index is -0.299. The maximum atomic E-state index is 11.6. The SMILES string of the molecule is Cn1cc(Br)c(NC(=O)NCCNc2ccccn2)n1. The summed E-state index contributed by atoms with van der Waals surface area (Å²) in [5, 5.41) is 12.6. The number of nitrogens with one attached hydrogen (secondary N) is 3. The summed E-state index contributed by atoms with van der Waals surface area (Å²) in [6.07, 6.45) is 3.47. The van der Waals surface area contributed by atoms with E-state index >= 15 is 0 Å². The van der Waals surface area contributed by atoms with E-state index in [1.807, 2.05) is 18.2 Å². The molecule has 3 N–H and O–H groups in total. The number of nitrogens with zero attached hydrogens (tertiary/aromatic N) is 3. The van der Waals surface area contributed by atoms with E-state index in [-0.39, 0.29) is 6.03 Å². The zero-order valence-corrected chi connectivity index (χ0v) is 12.5. The Kier molecular flexibility index (Phi) is 4.94. The van der Waals surface area contributed by atoms with E-state index in [1.54, 1.807) is 24.1 Å². The number of carbonyl (C=O) groups excluding carboxylic acids is 1. The maximum Gasteiger partial charge on any atom is 0.320 e. The van der Waals surface area contributed by atoms with Crippen LogP contribution in [-0.2, 0) is 7.05 Å². The molecule has 8 heteroatoms. The third kappa shape index (κ3) is 4.23. The number of halogens is 1. The molecule has 0 fully saturated rings. The molecular weight excluding hydrogens is 324 g/mol. The second-order valence-corrected chi connectivity index (χ2v) is 4.88. The Balaban J connectivity index is 1.69. The van der Waals surface area contributed by atoms with Crippen molar-refractivity contribution in [3.05, 3.63) is 35.1 Å². The number of aromatic nitrogens is 3. The lowest BCUT2D eigenvalue weighted by molar-refractivity contribution is 0.252. The van der Waals surface area contributed by atoms with Crippen LogP contribution in [0.15, 0.2) is 35.1 Å². The highest BCUT2D eigenvalue weighted by atomic mass is 79.9. The van der Waals surface area contributed by atoms with Crippen molar-refractivity contribution in [2.45, 2.75) is 0 Å². The molecule has 0 unspecified atom stereocenters. The van der Waals surface area contributed by atoms with Gasteiger partial charge in [-0.3, -0.25) is 10.00 Å². The number of aryl methyl sites for hydroxylation is 1. The highest BCUT2D eigenvalue weighted by Gasteiger charge is 2.08. The molecule has 2 aromatic heterocycles. The summed E-state index contributed by atoms with van der Waals surface area (Å²) in [5.74, 6) is 1.27. The quantitative estimate of drug-likeness (QED) is 0.726. The average Bonchev–Trinajstić information content (AvgIpc) is 2.74. The number of urea groups is 1. The molecule has 106 valence electrons. The van der Waals surface area contributed by atoms with Crippen molar-refractivity contribution in [1.82, 2.24) is 20.1 Å². The third-order valence-electron chi connectivity index (χ3n) is 2.40. The first kappa shape index (κ1) is 14.3. The van der Waals surface area contributed by atoms with Gasteiger partial charge in [-0.25, -0.2) is 9.78 Å². The van der Waals surface area contributed by atoms with Gasteiger partial charge in [0.15, 0.2) is 5.82 Å². The van der Waals surface area contributed by atoms with Gasteiger partial charge in [0, 0.05) is 32.5 Å². The lowest BCUT2D eigenvalue weighted by atomic mass is 10.4. The molecule has 0 aliphatic carbocycles. The van der Waals surface area contributed by atoms with Gasteiger partial charge in [-0.05, 0) is 28.1 Å². The van der Waals surface area contributed by atoms with Crippen LogP contribution in [0.3, 0.4) is 0 Å².